The van der Waals surface area contributed by atoms with Crippen LogP contribution < -0.4 is 5.32 Å². The van der Waals surface area contributed by atoms with Crippen molar-refractivity contribution < 1.29 is 27.5 Å². The summed E-state index contributed by atoms with van der Waals surface area (Å²) < 4.78 is 42.6. The van der Waals surface area contributed by atoms with Crippen LogP contribution in [0.4, 0.5) is 18.9 Å². The van der Waals surface area contributed by atoms with Crippen molar-refractivity contribution in [3.8, 4) is 0 Å². The fraction of sp³-hybridized carbons (Fsp3) is 0.125. The largest absolute Gasteiger partial charge is 0.452 e. The first-order chi connectivity index (χ1) is 11.7. The maximum absolute atomic E-state index is 12.6. The van der Waals surface area contributed by atoms with Crippen LogP contribution in [0.1, 0.15) is 15.9 Å². The Bertz CT molecular complexity index is 809. The quantitative estimate of drug-likeness (QED) is 0.761. The molecule has 2 aromatic carbocycles. The molecule has 0 aromatic heterocycles. The van der Waals surface area contributed by atoms with E-state index in [9.17, 15) is 22.8 Å². The Morgan fingerprint density at radius 2 is 1.76 bits per heavy atom. The third-order valence-electron chi connectivity index (χ3n) is 2.96. The molecule has 0 aliphatic rings. The van der Waals surface area contributed by atoms with Crippen molar-refractivity contribution in [1.29, 1.82) is 0 Å². The van der Waals surface area contributed by atoms with Crippen LogP contribution in [0.3, 0.4) is 0 Å². The zero-order valence-corrected chi connectivity index (χ0v) is 13.9. The van der Waals surface area contributed by atoms with Gasteiger partial charge in [-0.3, -0.25) is 4.79 Å². The molecule has 0 saturated heterocycles. The van der Waals surface area contributed by atoms with Gasteiger partial charge in [0.25, 0.3) is 5.91 Å². The van der Waals surface area contributed by atoms with Gasteiger partial charge >= 0.3 is 12.1 Å². The van der Waals surface area contributed by atoms with Crippen molar-refractivity contribution in [2.75, 3.05) is 11.9 Å². The molecular formula is C16H10Cl2F3NO3. The molecule has 0 saturated carbocycles. The monoisotopic (exact) mass is 391 g/mol. The van der Waals surface area contributed by atoms with Crippen LogP contribution in [-0.2, 0) is 15.7 Å². The lowest BCUT2D eigenvalue weighted by Gasteiger charge is -2.10. The number of anilines is 1. The summed E-state index contributed by atoms with van der Waals surface area (Å²) in [7, 11) is 0. The van der Waals surface area contributed by atoms with Gasteiger partial charge in [0.1, 0.15) is 0 Å². The second-order valence-electron chi connectivity index (χ2n) is 4.83. The zero-order valence-electron chi connectivity index (χ0n) is 12.4. The van der Waals surface area contributed by atoms with Gasteiger partial charge in [-0.15, -0.1) is 0 Å². The third kappa shape index (κ3) is 5.37. The first-order valence-corrected chi connectivity index (χ1v) is 7.51. The van der Waals surface area contributed by atoms with Gasteiger partial charge in [-0.2, -0.15) is 13.2 Å². The van der Waals surface area contributed by atoms with E-state index in [2.05, 4.69) is 5.32 Å². The molecule has 0 bridgehead atoms. The SMILES string of the molecule is O=C(COC(=O)c1ccc(Cl)c(Cl)c1)Nc1cccc(C(F)(F)F)c1. The van der Waals surface area contributed by atoms with E-state index < -0.39 is 30.2 Å². The standard InChI is InChI=1S/C16H10Cl2F3NO3/c17-12-5-4-9(6-13(12)18)15(24)25-8-14(23)22-11-3-1-2-10(7-11)16(19,20)21/h1-7H,8H2,(H,22,23). The smallest absolute Gasteiger partial charge is 0.416 e. The Morgan fingerprint density at radius 1 is 1.04 bits per heavy atom. The predicted octanol–water partition coefficient (Wildman–Crippen LogP) is 4.81. The molecule has 25 heavy (non-hydrogen) atoms. The van der Waals surface area contributed by atoms with E-state index in [1.807, 2.05) is 0 Å². The first-order valence-electron chi connectivity index (χ1n) is 6.76. The highest BCUT2D eigenvalue weighted by Crippen LogP contribution is 2.30. The molecule has 9 heteroatoms. The molecule has 0 aliphatic heterocycles. The van der Waals surface area contributed by atoms with Crippen LogP contribution in [0.15, 0.2) is 42.5 Å². The maximum Gasteiger partial charge on any atom is 0.416 e. The van der Waals surface area contributed by atoms with Gasteiger partial charge in [-0.25, -0.2) is 4.79 Å². The molecule has 0 spiro atoms. The number of benzene rings is 2. The van der Waals surface area contributed by atoms with Crippen LogP contribution in [0.25, 0.3) is 0 Å². The summed E-state index contributed by atoms with van der Waals surface area (Å²) in [4.78, 5) is 23.5. The van der Waals surface area contributed by atoms with Gasteiger partial charge in [0, 0.05) is 5.69 Å². The van der Waals surface area contributed by atoms with Gasteiger partial charge in [0.05, 0.1) is 21.2 Å². The number of amides is 1. The molecule has 1 N–H and O–H groups in total. The molecule has 0 radical (unpaired) electrons. The van der Waals surface area contributed by atoms with Crippen LogP contribution in [-0.4, -0.2) is 18.5 Å². The number of carbonyl (C=O) groups excluding carboxylic acids is 2. The molecule has 0 heterocycles. The molecule has 0 fully saturated rings. The van der Waals surface area contributed by atoms with Crippen molar-refractivity contribution in [3.05, 3.63) is 63.6 Å². The van der Waals surface area contributed by atoms with Crippen LogP contribution >= 0.6 is 23.2 Å². The van der Waals surface area contributed by atoms with Crippen LogP contribution in [0.2, 0.25) is 10.0 Å². The minimum Gasteiger partial charge on any atom is -0.452 e. The van der Waals surface area contributed by atoms with Gasteiger partial charge in [-0.05, 0) is 36.4 Å². The van der Waals surface area contributed by atoms with Crippen molar-refractivity contribution >= 4 is 40.8 Å². The van der Waals surface area contributed by atoms with Crippen molar-refractivity contribution in [1.82, 2.24) is 0 Å². The number of ether oxygens (including phenoxy) is 1. The summed E-state index contributed by atoms with van der Waals surface area (Å²) in [5.41, 5.74) is -0.884. The summed E-state index contributed by atoms with van der Waals surface area (Å²) in [5.74, 6) is -1.61. The number of hydrogen-bond donors (Lipinski definition) is 1. The minimum atomic E-state index is -4.53. The van der Waals surface area contributed by atoms with E-state index in [-0.39, 0.29) is 21.3 Å². The summed E-state index contributed by atoms with van der Waals surface area (Å²) in [6.07, 6.45) is -4.53. The third-order valence-corrected chi connectivity index (χ3v) is 3.70. The lowest BCUT2D eigenvalue weighted by Crippen LogP contribution is -2.21. The molecule has 0 aliphatic carbocycles. The molecule has 2 rings (SSSR count). The highest BCUT2D eigenvalue weighted by Gasteiger charge is 2.30. The lowest BCUT2D eigenvalue weighted by molar-refractivity contribution is -0.137. The minimum absolute atomic E-state index is 0.0644. The van der Waals surface area contributed by atoms with Gasteiger partial charge < -0.3 is 10.1 Å². The van der Waals surface area contributed by atoms with Crippen LogP contribution in [0, 0.1) is 0 Å². The second-order valence-corrected chi connectivity index (χ2v) is 5.65. The van der Waals surface area contributed by atoms with Crippen LogP contribution in [0.5, 0.6) is 0 Å². The summed E-state index contributed by atoms with van der Waals surface area (Å²) in [6.45, 7) is -0.671. The van der Waals surface area contributed by atoms with Gasteiger partial charge in [0.2, 0.25) is 0 Å². The van der Waals surface area contributed by atoms with Crippen molar-refractivity contribution in [2.45, 2.75) is 6.18 Å². The fourth-order valence-electron chi connectivity index (χ4n) is 1.81. The Morgan fingerprint density at radius 3 is 2.40 bits per heavy atom. The highest BCUT2D eigenvalue weighted by molar-refractivity contribution is 6.42. The Labute approximate surface area is 150 Å². The molecule has 0 unspecified atom stereocenters. The Balaban J connectivity index is 1.94. The number of nitrogens with one attached hydrogen (secondary N) is 1. The van der Waals surface area contributed by atoms with E-state index in [0.29, 0.717) is 0 Å². The van der Waals surface area contributed by atoms with Gasteiger partial charge in [-0.1, -0.05) is 29.3 Å². The van der Waals surface area contributed by atoms with Crippen molar-refractivity contribution in [3.63, 3.8) is 0 Å². The van der Waals surface area contributed by atoms with E-state index in [4.69, 9.17) is 27.9 Å². The summed E-state index contributed by atoms with van der Waals surface area (Å²) in [6, 6.07) is 8.12. The average Bonchev–Trinajstić information content (AvgIpc) is 2.54. The Hall–Kier alpha value is -2.25. The number of rotatable bonds is 4. The number of hydrogen-bond acceptors (Lipinski definition) is 3. The predicted molar refractivity (Wildman–Crippen MR) is 86.8 cm³/mol. The molecular weight excluding hydrogens is 382 g/mol. The van der Waals surface area contributed by atoms with Crippen molar-refractivity contribution in [2.24, 2.45) is 0 Å². The summed E-state index contributed by atoms with van der Waals surface area (Å²) >= 11 is 11.5. The normalized spacial score (nSPS) is 11.1. The second kappa shape index (κ2) is 7.76. The van der Waals surface area contributed by atoms with E-state index in [1.165, 1.54) is 24.3 Å². The molecule has 132 valence electrons. The van der Waals surface area contributed by atoms with Gasteiger partial charge in [0.15, 0.2) is 6.61 Å². The number of carbonyl (C=O) groups is 2. The average molecular weight is 392 g/mol. The zero-order chi connectivity index (χ0) is 18.6. The molecule has 4 nitrogen and oxygen atoms in total. The summed E-state index contributed by atoms with van der Waals surface area (Å²) in [5, 5.41) is 2.61. The fourth-order valence-corrected chi connectivity index (χ4v) is 2.11. The lowest BCUT2D eigenvalue weighted by atomic mass is 10.2. The molecule has 1 amide bonds. The maximum atomic E-state index is 12.6. The van der Waals surface area contributed by atoms with E-state index in [1.54, 1.807) is 0 Å². The first kappa shape index (κ1) is 19.1. The van der Waals surface area contributed by atoms with E-state index >= 15 is 0 Å². The van der Waals surface area contributed by atoms with E-state index in [0.717, 1.165) is 18.2 Å². The molecule has 2 aromatic rings. The molecule has 0 atom stereocenters. The highest BCUT2D eigenvalue weighted by atomic mass is 35.5. The number of alkyl halides is 3. The topological polar surface area (TPSA) is 55.4 Å². The Kier molecular flexibility index (Phi) is 5.92. The number of halogens is 5. The number of esters is 1.